The number of nitrogens with zero attached hydrogens (tertiary/aromatic N) is 4. The van der Waals surface area contributed by atoms with E-state index >= 15 is 0 Å². The van der Waals surface area contributed by atoms with E-state index in [0.717, 1.165) is 5.56 Å². The van der Waals surface area contributed by atoms with E-state index in [-0.39, 0.29) is 29.3 Å². The molecule has 0 fully saturated rings. The zero-order valence-electron chi connectivity index (χ0n) is 15.5. The summed E-state index contributed by atoms with van der Waals surface area (Å²) in [6, 6.07) is 11.0. The monoisotopic (exact) mass is 404 g/mol. The van der Waals surface area contributed by atoms with E-state index in [1.807, 2.05) is 19.1 Å². The van der Waals surface area contributed by atoms with E-state index in [9.17, 15) is 15.3 Å². The second-order valence-corrected chi connectivity index (χ2v) is 7.03. The number of nitrogens with two attached hydrogens (primary N) is 1. The van der Waals surface area contributed by atoms with Crippen LogP contribution in [0.2, 0.25) is 0 Å². The van der Waals surface area contributed by atoms with Crippen molar-refractivity contribution in [1.29, 1.82) is 10.5 Å². The molecular weight excluding hydrogens is 388 g/mol. The fourth-order valence-electron chi connectivity index (χ4n) is 2.62. The summed E-state index contributed by atoms with van der Waals surface area (Å²) in [7, 11) is 0. The predicted octanol–water partition coefficient (Wildman–Crippen LogP) is 3.49. The van der Waals surface area contributed by atoms with Crippen LogP contribution in [0.25, 0.3) is 11.3 Å². The van der Waals surface area contributed by atoms with Gasteiger partial charge in [0.2, 0.25) is 5.91 Å². The summed E-state index contributed by atoms with van der Waals surface area (Å²) in [5.41, 5.74) is 7.38. The van der Waals surface area contributed by atoms with Crippen molar-refractivity contribution in [2.75, 3.05) is 16.8 Å². The van der Waals surface area contributed by atoms with Crippen molar-refractivity contribution < 1.29 is 9.21 Å². The number of nitriles is 2. The van der Waals surface area contributed by atoms with Crippen LogP contribution in [0.1, 0.15) is 23.1 Å². The van der Waals surface area contributed by atoms with Crippen molar-refractivity contribution >= 4 is 29.3 Å². The number of hydrogen-bond donors (Lipinski definition) is 2. The topological polar surface area (TPSA) is 142 Å². The highest BCUT2D eigenvalue weighted by Crippen LogP contribution is 2.35. The van der Waals surface area contributed by atoms with Gasteiger partial charge >= 0.3 is 0 Å². The lowest BCUT2D eigenvalue weighted by Crippen LogP contribution is -2.14. The lowest BCUT2D eigenvalue weighted by Gasteiger charge is -2.11. The number of aryl methyl sites for hydroxylation is 1. The maximum absolute atomic E-state index is 12.2. The number of rotatable bonds is 6. The Labute approximate surface area is 171 Å². The van der Waals surface area contributed by atoms with Crippen molar-refractivity contribution in [3.63, 3.8) is 0 Å². The van der Waals surface area contributed by atoms with Crippen molar-refractivity contribution in [2.24, 2.45) is 0 Å². The molecule has 0 aliphatic heterocycles. The van der Waals surface area contributed by atoms with E-state index in [4.69, 9.17) is 10.2 Å². The zero-order chi connectivity index (χ0) is 20.8. The second-order valence-electron chi connectivity index (χ2n) is 5.94. The van der Waals surface area contributed by atoms with Gasteiger partial charge in [-0.15, -0.1) is 11.8 Å². The van der Waals surface area contributed by atoms with Crippen LogP contribution in [0, 0.1) is 29.6 Å². The highest BCUT2D eigenvalue weighted by molar-refractivity contribution is 7.99. The lowest BCUT2D eigenvalue weighted by atomic mass is 10.0. The van der Waals surface area contributed by atoms with Gasteiger partial charge in [-0.2, -0.15) is 10.5 Å². The first-order valence-corrected chi connectivity index (χ1v) is 9.55. The van der Waals surface area contributed by atoms with Crippen molar-refractivity contribution in [2.45, 2.75) is 18.4 Å². The number of carbonyl (C=O) groups excluding carboxylic acids is 1. The number of anilines is 2. The molecule has 144 valence electrons. The number of furan rings is 1. The molecule has 8 nitrogen and oxygen atoms in total. The second kappa shape index (κ2) is 8.91. The maximum atomic E-state index is 12.2. The number of pyridine rings is 2. The molecule has 0 saturated carbocycles. The lowest BCUT2D eigenvalue weighted by molar-refractivity contribution is -0.115. The van der Waals surface area contributed by atoms with E-state index in [1.54, 1.807) is 24.4 Å². The van der Waals surface area contributed by atoms with Gasteiger partial charge in [0.05, 0.1) is 17.4 Å². The highest BCUT2D eigenvalue weighted by atomic mass is 32.2. The first kappa shape index (κ1) is 19.9. The van der Waals surface area contributed by atoms with Crippen LogP contribution in [-0.2, 0) is 4.79 Å². The fraction of sp³-hybridized carbons (Fsp3) is 0.150. The number of thioether (sulfide) groups is 1. The molecule has 0 bridgehead atoms. The third-order valence-corrected chi connectivity index (χ3v) is 5.00. The first-order valence-electron chi connectivity index (χ1n) is 8.57. The molecule has 0 unspecified atom stereocenters. The summed E-state index contributed by atoms with van der Waals surface area (Å²) in [5, 5.41) is 22.2. The van der Waals surface area contributed by atoms with Gasteiger partial charge < -0.3 is 15.5 Å². The van der Waals surface area contributed by atoms with Crippen LogP contribution in [0.4, 0.5) is 11.6 Å². The zero-order valence-corrected chi connectivity index (χ0v) is 16.3. The molecule has 0 spiro atoms. The summed E-state index contributed by atoms with van der Waals surface area (Å²) in [5.74, 6) is 1.04. The Bertz CT molecular complexity index is 1130. The van der Waals surface area contributed by atoms with Crippen LogP contribution >= 0.6 is 11.8 Å². The molecule has 0 aromatic carbocycles. The number of nitrogen functional groups attached to an aromatic ring is 1. The molecule has 0 radical (unpaired) electrons. The molecule has 0 atom stereocenters. The highest BCUT2D eigenvalue weighted by Gasteiger charge is 2.22. The maximum Gasteiger partial charge on any atom is 0.226 e. The Morgan fingerprint density at radius 1 is 1.28 bits per heavy atom. The third-order valence-electron chi connectivity index (χ3n) is 4.02. The molecular formula is C20H16N6O2S. The van der Waals surface area contributed by atoms with E-state index in [1.165, 1.54) is 18.0 Å². The number of aromatic nitrogens is 2. The standard InChI is InChI=1S/C20H16N6O2S/c1-12-4-2-7-24-19(12)25-16(27)6-9-29-20-14(11-22)17(15-5-3-8-28-15)13(10-21)18(23)26-20/h2-5,7-8H,6,9H2,1H3,(H2,23,26)(H,24,25,27). The summed E-state index contributed by atoms with van der Waals surface area (Å²) in [6.07, 6.45) is 3.24. The fourth-order valence-corrected chi connectivity index (χ4v) is 3.56. The minimum Gasteiger partial charge on any atom is -0.464 e. The van der Waals surface area contributed by atoms with Crippen LogP contribution in [0.5, 0.6) is 0 Å². The molecule has 0 aliphatic carbocycles. The predicted molar refractivity (Wildman–Crippen MR) is 109 cm³/mol. The van der Waals surface area contributed by atoms with Gasteiger partial charge in [-0.3, -0.25) is 4.79 Å². The van der Waals surface area contributed by atoms with Crippen LogP contribution in [0.15, 0.2) is 46.2 Å². The molecule has 1 amide bonds. The molecule has 29 heavy (non-hydrogen) atoms. The Morgan fingerprint density at radius 2 is 2.07 bits per heavy atom. The summed E-state index contributed by atoms with van der Waals surface area (Å²) in [6.45, 7) is 1.86. The molecule has 3 N–H and O–H groups in total. The summed E-state index contributed by atoms with van der Waals surface area (Å²) >= 11 is 1.21. The Balaban J connectivity index is 1.78. The van der Waals surface area contributed by atoms with Gasteiger partial charge in [-0.05, 0) is 30.7 Å². The van der Waals surface area contributed by atoms with E-state index in [0.29, 0.717) is 27.9 Å². The molecule has 3 aromatic rings. The Morgan fingerprint density at radius 3 is 2.72 bits per heavy atom. The van der Waals surface area contributed by atoms with Crippen LogP contribution in [-0.4, -0.2) is 21.6 Å². The molecule has 3 aromatic heterocycles. The van der Waals surface area contributed by atoms with Gasteiger partial charge in [0.15, 0.2) is 0 Å². The number of nitrogens with one attached hydrogen (secondary N) is 1. The summed E-state index contributed by atoms with van der Waals surface area (Å²) < 4.78 is 5.37. The van der Waals surface area contributed by atoms with Gasteiger partial charge in [-0.25, -0.2) is 9.97 Å². The minimum absolute atomic E-state index is 0.00830. The largest absolute Gasteiger partial charge is 0.464 e. The molecule has 0 aliphatic rings. The van der Waals surface area contributed by atoms with Crippen molar-refractivity contribution in [3.8, 4) is 23.5 Å². The molecule has 9 heteroatoms. The van der Waals surface area contributed by atoms with Gasteiger partial charge in [0.25, 0.3) is 0 Å². The Hall–Kier alpha value is -3.82. The third kappa shape index (κ3) is 4.37. The summed E-state index contributed by atoms with van der Waals surface area (Å²) in [4.78, 5) is 20.5. The molecule has 3 heterocycles. The molecule has 3 rings (SSSR count). The average molecular weight is 404 g/mol. The smallest absolute Gasteiger partial charge is 0.226 e. The van der Waals surface area contributed by atoms with Crippen LogP contribution in [0.3, 0.4) is 0 Å². The van der Waals surface area contributed by atoms with E-state index < -0.39 is 0 Å². The quantitative estimate of drug-likeness (QED) is 0.595. The van der Waals surface area contributed by atoms with Gasteiger partial charge in [0.1, 0.15) is 40.1 Å². The van der Waals surface area contributed by atoms with E-state index in [2.05, 4.69) is 21.4 Å². The van der Waals surface area contributed by atoms with Gasteiger partial charge in [-0.1, -0.05) is 6.07 Å². The molecule has 0 saturated heterocycles. The number of carbonyl (C=O) groups is 1. The minimum atomic E-state index is -0.203. The average Bonchev–Trinajstić information content (AvgIpc) is 3.23. The Kier molecular flexibility index (Phi) is 6.12. The SMILES string of the molecule is Cc1cccnc1NC(=O)CCSc1nc(N)c(C#N)c(-c2ccco2)c1C#N. The number of amides is 1. The normalized spacial score (nSPS) is 10.2. The van der Waals surface area contributed by atoms with Crippen molar-refractivity contribution in [1.82, 2.24) is 9.97 Å². The first-order chi connectivity index (χ1) is 14.0. The van der Waals surface area contributed by atoms with Gasteiger partial charge in [0, 0.05) is 18.4 Å². The number of hydrogen-bond acceptors (Lipinski definition) is 8. The van der Waals surface area contributed by atoms with Crippen LogP contribution < -0.4 is 11.1 Å². The van der Waals surface area contributed by atoms with Crippen molar-refractivity contribution in [3.05, 3.63) is 53.4 Å².